The van der Waals surface area contributed by atoms with E-state index in [0.29, 0.717) is 11.5 Å². The summed E-state index contributed by atoms with van der Waals surface area (Å²) < 4.78 is 10.5. The second-order valence-electron chi connectivity index (χ2n) is 4.02. The molecule has 1 aromatic carbocycles. The summed E-state index contributed by atoms with van der Waals surface area (Å²) in [5, 5.41) is 0. The first-order valence-electron chi connectivity index (χ1n) is 5.85. The number of nitrogens with zero attached hydrogens (tertiary/aromatic N) is 2. The number of pyridine rings is 1. The summed E-state index contributed by atoms with van der Waals surface area (Å²) in [5.74, 6) is 2.06. The topological polar surface area (TPSA) is 60.0 Å². The van der Waals surface area contributed by atoms with E-state index in [1.54, 1.807) is 20.4 Å². The lowest BCUT2D eigenvalue weighted by atomic mass is 10.3. The van der Waals surface area contributed by atoms with Gasteiger partial charge in [-0.3, -0.25) is 4.98 Å². The van der Waals surface area contributed by atoms with Crippen molar-refractivity contribution in [2.75, 3.05) is 14.2 Å². The van der Waals surface area contributed by atoms with Gasteiger partial charge in [0.1, 0.15) is 5.69 Å². The largest absolute Gasteiger partial charge is 0.493 e. The summed E-state index contributed by atoms with van der Waals surface area (Å²) in [5.41, 5.74) is 2.51. The molecule has 5 nitrogen and oxygen atoms in total. The fraction of sp³-hybridized carbons (Fsp3) is 0.143. The summed E-state index contributed by atoms with van der Waals surface area (Å²) in [4.78, 5) is 12.0. The molecule has 0 spiro atoms. The molecule has 0 aliphatic rings. The van der Waals surface area contributed by atoms with Gasteiger partial charge < -0.3 is 14.5 Å². The molecular weight excluding hydrogens is 242 g/mol. The summed E-state index contributed by atoms with van der Waals surface area (Å²) in [6, 6.07) is 9.42. The first-order chi connectivity index (χ1) is 9.31. The molecule has 0 aliphatic carbocycles. The Morgan fingerprint density at radius 1 is 1.05 bits per heavy atom. The zero-order valence-electron chi connectivity index (χ0n) is 10.7. The minimum absolute atomic E-state index is 0.661. The van der Waals surface area contributed by atoms with Gasteiger partial charge in [-0.1, -0.05) is 6.07 Å². The molecule has 19 heavy (non-hydrogen) atoms. The van der Waals surface area contributed by atoms with E-state index in [-0.39, 0.29) is 0 Å². The van der Waals surface area contributed by atoms with Gasteiger partial charge in [-0.05, 0) is 12.1 Å². The molecule has 0 saturated carbocycles. The molecule has 0 amide bonds. The Bertz CT molecular complexity index is 666. The van der Waals surface area contributed by atoms with Crippen molar-refractivity contribution in [3.8, 4) is 23.0 Å². The number of imidazole rings is 1. The maximum Gasteiger partial charge on any atom is 0.163 e. The van der Waals surface area contributed by atoms with Crippen molar-refractivity contribution in [1.82, 2.24) is 15.0 Å². The van der Waals surface area contributed by atoms with Crippen LogP contribution in [0.5, 0.6) is 11.5 Å². The van der Waals surface area contributed by atoms with E-state index in [4.69, 9.17) is 9.47 Å². The zero-order valence-corrected chi connectivity index (χ0v) is 10.7. The quantitative estimate of drug-likeness (QED) is 0.781. The number of hydrogen-bond donors (Lipinski definition) is 1. The average molecular weight is 255 g/mol. The second kappa shape index (κ2) is 4.61. The van der Waals surface area contributed by atoms with Crippen molar-refractivity contribution in [3.05, 3.63) is 36.5 Å². The van der Waals surface area contributed by atoms with E-state index in [1.165, 1.54) is 0 Å². The Kier molecular flexibility index (Phi) is 2.79. The third kappa shape index (κ3) is 1.99. The van der Waals surface area contributed by atoms with Gasteiger partial charge in [0.15, 0.2) is 17.3 Å². The predicted molar refractivity (Wildman–Crippen MR) is 72.4 cm³/mol. The third-order valence-electron chi connectivity index (χ3n) is 2.89. The van der Waals surface area contributed by atoms with E-state index in [1.807, 2.05) is 30.3 Å². The van der Waals surface area contributed by atoms with Crippen LogP contribution >= 0.6 is 0 Å². The first-order valence-corrected chi connectivity index (χ1v) is 5.85. The van der Waals surface area contributed by atoms with Crippen LogP contribution in [-0.2, 0) is 0 Å². The van der Waals surface area contributed by atoms with Crippen molar-refractivity contribution in [3.63, 3.8) is 0 Å². The summed E-state index contributed by atoms with van der Waals surface area (Å²) in [6.07, 6.45) is 1.74. The van der Waals surface area contributed by atoms with Crippen molar-refractivity contribution >= 4 is 11.0 Å². The van der Waals surface area contributed by atoms with E-state index in [2.05, 4.69) is 15.0 Å². The number of aromatic amines is 1. The Hall–Kier alpha value is -2.56. The van der Waals surface area contributed by atoms with Gasteiger partial charge in [0.2, 0.25) is 0 Å². The van der Waals surface area contributed by atoms with Crippen molar-refractivity contribution in [2.24, 2.45) is 0 Å². The van der Waals surface area contributed by atoms with Crippen LogP contribution < -0.4 is 9.47 Å². The minimum atomic E-state index is 0.661. The van der Waals surface area contributed by atoms with Crippen LogP contribution in [0.25, 0.3) is 22.6 Å². The monoisotopic (exact) mass is 255 g/mol. The lowest BCUT2D eigenvalue weighted by molar-refractivity contribution is 0.356. The number of H-pyrrole nitrogens is 1. The van der Waals surface area contributed by atoms with Crippen molar-refractivity contribution < 1.29 is 9.47 Å². The van der Waals surface area contributed by atoms with E-state index >= 15 is 0 Å². The highest BCUT2D eigenvalue weighted by Crippen LogP contribution is 2.32. The van der Waals surface area contributed by atoms with Crippen molar-refractivity contribution in [2.45, 2.75) is 0 Å². The number of nitrogens with one attached hydrogen (secondary N) is 1. The van der Waals surface area contributed by atoms with Crippen LogP contribution in [0.4, 0.5) is 0 Å². The summed E-state index contributed by atoms with van der Waals surface area (Å²) >= 11 is 0. The minimum Gasteiger partial charge on any atom is -0.493 e. The third-order valence-corrected chi connectivity index (χ3v) is 2.89. The van der Waals surface area contributed by atoms with Crippen molar-refractivity contribution in [1.29, 1.82) is 0 Å². The van der Waals surface area contributed by atoms with Gasteiger partial charge in [0.05, 0.1) is 25.3 Å². The van der Waals surface area contributed by atoms with E-state index in [9.17, 15) is 0 Å². The van der Waals surface area contributed by atoms with Crippen LogP contribution in [-0.4, -0.2) is 29.2 Å². The molecule has 2 aromatic heterocycles. The van der Waals surface area contributed by atoms with Gasteiger partial charge in [-0.15, -0.1) is 0 Å². The summed E-state index contributed by atoms with van der Waals surface area (Å²) in [6.45, 7) is 0. The highest BCUT2D eigenvalue weighted by molar-refractivity contribution is 5.82. The van der Waals surface area contributed by atoms with E-state index < -0.39 is 0 Å². The molecule has 1 N–H and O–H groups in total. The van der Waals surface area contributed by atoms with E-state index in [0.717, 1.165) is 22.6 Å². The Balaban J connectivity index is 2.16. The molecule has 0 saturated heterocycles. The predicted octanol–water partition coefficient (Wildman–Crippen LogP) is 2.64. The highest BCUT2D eigenvalue weighted by atomic mass is 16.5. The zero-order chi connectivity index (χ0) is 13.2. The van der Waals surface area contributed by atoms with Crippen LogP contribution in [0.15, 0.2) is 36.5 Å². The van der Waals surface area contributed by atoms with Crippen LogP contribution in [0, 0.1) is 0 Å². The fourth-order valence-electron chi connectivity index (χ4n) is 1.96. The molecule has 3 aromatic rings. The number of fused-ring (bicyclic) bond motifs is 1. The summed E-state index contributed by atoms with van der Waals surface area (Å²) in [7, 11) is 3.22. The molecule has 0 atom stereocenters. The lowest BCUT2D eigenvalue weighted by Crippen LogP contribution is -1.89. The van der Waals surface area contributed by atoms with Gasteiger partial charge in [-0.2, -0.15) is 0 Å². The Morgan fingerprint density at radius 3 is 2.53 bits per heavy atom. The van der Waals surface area contributed by atoms with Gasteiger partial charge in [0, 0.05) is 18.3 Å². The number of aromatic nitrogens is 3. The Labute approximate surface area is 110 Å². The SMILES string of the molecule is COc1cc2nc(-c3ccccn3)[nH]c2cc1OC. The first kappa shape index (κ1) is 11.5. The van der Waals surface area contributed by atoms with Crippen LogP contribution in [0.1, 0.15) is 0 Å². The maximum atomic E-state index is 5.27. The molecule has 0 bridgehead atoms. The maximum absolute atomic E-state index is 5.27. The normalized spacial score (nSPS) is 10.6. The number of methoxy groups -OCH3 is 2. The van der Waals surface area contributed by atoms with Gasteiger partial charge in [0.25, 0.3) is 0 Å². The molecule has 0 unspecified atom stereocenters. The number of benzene rings is 1. The lowest BCUT2D eigenvalue weighted by Gasteiger charge is -2.06. The molecular formula is C14H13N3O2. The standard InChI is InChI=1S/C14H13N3O2/c1-18-12-7-10-11(8-13(12)19-2)17-14(16-10)9-5-3-4-6-15-9/h3-8H,1-2H3,(H,16,17). The average Bonchev–Trinajstić information content (AvgIpc) is 2.89. The fourth-order valence-corrected chi connectivity index (χ4v) is 1.96. The Morgan fingerprint density at radius 2 is 1.84 bits per heavy atom. The molecule has 5 heteroatoms. The van der Waals surface area contributed by atoms with Gasteiger partial charge >= 0.3 is 0 Å². The molecule has 96 valence electrons. The molecule has 2 heterocycles. The molecule has 0 radical (unpaired) electrons. The van der Waals surface area contributed by atoms with Crippen LogP contribution in [0.2, 0.25) is 0 Å². The molecule has 0 fully saturated rings. The molecule has 3 rings (SSSR count). The van der Waals surface area contributed by atoms with Crippen LogP contribution in [0.3, 0.4) is 0 Å². The van der Waals surface area contributed by atoms with Gasteiger partial charge in [-0.25, -0.2) is 4.98 Å². The molecule has 0 aliphatic heterocycles. The number of rotatable bonds is 3. The second-order valence-corrected chi connectivity index (χ2v) is 4.02. The smallest absolute Gasteiger partial charge is 0.163 e. The highest BCUT2D eigenvalue weighted by Gasteiger charge is 2.11. The number of hydrogen-bond acceptors (Lipinski definition) is 4. The number of ether oxygens (including phenoxy) is 2.